The van der Waals surface area contributed by atoms with E-state index in [1.807, 2.05) is 0 Å². The second-order valence-corrected chi connectivity index (χ2v) is 9.20. The second-order valence-electron chi connectivity index (χ2n) is 8.22. The molecule has 2 aromatic heterocycles. The number of esters is 1. The van der Waals surface area contributed by atoms with Gasteiger partial charge in [0, 0.05) is 0 Å². The minimum absolute atomic E-state index is 0.0464. The lowest BCUT2D eigenvalue weighted by Crippen LogP contribution is -2.29. The summed E-state index contributed by atoms with van der Waals surface area (Å²) in [7, 11) is 0. The van der Waals surface area contributed by atoms with Crippen LogP contribution in [0.3, 0.4) is 0 Å². The number of aryl methyl sites for hydroxylation is 1. The van der Waals surface area contributed by atoms with Crippen molar-refractivity contribution in [3.8, 4) is 5.75 Å². The van der Waals surface area contributed by atoms with Gasteiger partial charge in [-0.2, -0.15) is 0 Å². The summed E-state index contributed by atoms with van der Waals surface area (Å²) in [4.78, 5) is 46.2. The lowest BCUT2D eigenvalue weighted by molar-refractivity contribution is 0.0554. The number of anilines is 1. The molecular weight excluding hydrogens is 492 g/mol. The van der Waals surface area contributed by atoms with Crippen LogP contribution in [0, 0.1) is 6.92 Å². The smallest absolute Gasteiger partial charge is 0.350 e. The number of hydrogen-bond donors (Lipinski definition) is 0. The van der Waals surface area contributed by atoms with Gasteiger partial charge in [0.1, 0.15) is 29.4 Å². The van der Waals surface area contributed by atoms with E-state index in [9.17, 15) is 14.4 Å². The van der Waals surface area contributed by atoms with Crippen LogP contribution in [-0.4, -0.2) is 30.1 Å². The van der Waals surface area contributed by atoms with Gasteiger partial charge in [-0.05, 0) is 36.8 Å². The maximum Gasteiger partial charge on any atom is 0.350 e. The zero-order valence-electron chi connectivity index (χ0n) is 19.9. The van der Waals surface area contributed by atoms with Crippen LogP contribution in [-0.2, 0) is 4.74 Å². The molecule has 1 atom stereocenters. The molecule has 0 unspecified atom stereocenters. The topological polar surface area (TPSA) is 98.9 Å². The van der Waals surface area contributed by atoms with E-state index in [-0.39, 0.29) is 33.4 Å². The monoisotopic (exact) mass is 514 g/mol. The lowest BCUT2D eigenvalue weighted by atomic mass is 9.98. The number of benzene rings is 2. The molecule has 5 rings (SSSR count). The standard InChI is InChI=1S/C28H22N2O6S/c1-4-13-34-18-10-8-9-17(15-18)22-21-23(31)19-11-6-7-12-20(19)36-24(21)26(32)30(22)28-29-16(3)25(37-28)27(33)35-14-5-2/h4-12,15,22H,1-2,13-14H2,3H3/t22-/m0/s1. The van der Waals surface area contributed by atoms with Crippen LogP contribution in [0.2, 0.25) is 0 Å². The molecule has 2 aromatic carbocycles. The lowest BCUT2D eigenvalue weighted by Gasteiger charge is -2.23. The molecule has 0 spiro atoms. The molecule has 37 heavy (non-hydrogen) atoms. The summed E-state index contributed by atoms with van der Waals surface area (Å²) in [6.07, 6.45) is 3.09. The molecule has 0 saturated heterocycles. The zero-order valence-corrected chi connectivity index (χ0v) is 20.7. The van der Waals surface area contributed by atoms with Crippen LogP contribution in [0.25, 0.3) is 11.0 Å². The van der Waals surface area contributed by atoms with Crippen molar-refractivity contribution in [2.75, 3.05) is 18.1 Å². The first-order valence-corrected chi connectivity index (χ1v) is 12.2. The SMILES string of the molecule is C=CCOC(=O)c1sc(N2C(=O)c3oc4ccccc4c(=O)c3[C@@H]2c2cccc(OCC=C)c2)nc1C. The molecule has 1 amide bonds. The minimum atomic E-state index is -0.849. The van der Waals surface area contributed by atoms with Crippen molar-refractivity contribution in [2.24, 2.45) is 0 Å². The fourth-order valence-electron chi connectivity index (χ4n) is 4.24. The van der Waals surface area contributed by atoms with Gasteiger partial charge < -0.3 is 13.9 Å². The van der Waals surface area contributed by atoms with Gasteiger partial charge in [0.05, 0.1) is 22.7 Å². The number of hydrogen-bond acceptors (Lipinski definition) is 8. The van der Waals surface area contributed by atoms with Gasteiger partial charge in [0.2, 0.25) is 5.76 Å². The molecular formula is C28H22N2O6S. The minimum Gasteiger partial charge on any atom is -0.490 e. The molecule has 0 N–H and O–H groups in total. The highest BCUT2D eigenvalue weighted by Gasteiger charge is 2.45. The molecule has 0 aliphatic carbocycles. The van der Waals surface area contributed by atoms with Crippen molar-refractivity contribution in [1.82, 2.24) is 4.98 Å². The highest BCUT2D eigenvalue weighted by atomic mass is 32.1. The molecule has 9 heteroatoms. The number of fused-ring (bicyclic) bond motifs is 2. The summed E-state index contributed by atoms with van der Waals surface area (Å²) in [5, 5.41) is 0.606. The summed E-state index contributed by atoms with van der Waals surface area (Å²) in [6, 6.07) is 13.1. The highest BCUT2D eigenvalue weighted by molar-refractivity contribution is 7.17. The molecule has 8 nitrogen and oxygen atoms in total. The Bertz CT molecular complexity index is 1620. The van der Waals surface area contributed by atoms with Crippen molar-refractivity contribution in [3.05, 3.63) is 112 Å². The van der Waals surface area contributed by atoms with Crippen molar-refractivity contribution >= 4 is 39.3 Å². The van der Waals surface area contributed by atoms with Crippen LogP contribution in [0.15, 0.2) is 83.1 Å². The summed E-state index contributed by atoms with van der Waals surface area (Å²) >= 11 is 1.01. The maximum atomic E-state index is 13.8. The van der Waals surface area contributed by atoms with Crippen molar-refractivity contribution in [2.45, 2.75) is 13.0 Å². The van der Waals surface area contributed by atoms with E-state index >= 15 is 0 Å². The number of rotatable bonds is 8. The summed E-state index contributed by atoms with van der Waals surface area (Å²) in [5.74, 6) is -0.608. The Morgan fingerprint density at radius 1 is 1.14 bits per heavy atom. The average molecular weight is 515 g/mol. The van der Waals surface area contributed by atoms with Crippen LogP contribution in [0.4, 0.5) is 5.13 Å². The molecule has 0 saturated carbocycles. The molecule has 0 bridgehead atoms. The Balaban J connectivity index is 1.70. The average Bonchev–Trinajstić information content (AvgIpc) is 3.43. The van der Waals surface area contributed by atoms with Gasteiger partial charge in [0.25, 0.3) is 5.91 Å². The van der Waals surface area contributed by atoms with Gasteiger partial charge in [-0.15, -0.1) is 0 Å². The van der Waals surface area contributed by atoms with Crippen LogP contribution in [0.5, 0.6) is 5.75 Å². The fourth-order valence-corrected chi connectivity index (χ4v) is 5.22. The zero-order chi connectivity index (χ0) is 26.1. The van der Waals surface area contributed by atoms with E-state index < -0.39 is 17.9 Å². The Labute approximate surface area is 216 Å². The molecule has 0 radical (unpaired) electrons. The van der Waals surface area contributed by atoms with Crippen LogP contribution < -0.4 is 15.1 Å². The highest BCUT2D eigenvalue weighted by Crippen LogP contribution is 2.43. The van der Waals surface area contributed by atoms with E-state index in [0.29, 0.717) is 34.6 Å². The summed E-state index contributed by atoms with van der Waals surface area (Å²) < 4.78 is 16.8. The van der Waals surface area contributed by atoms with Crippen LogP contribution in [0.1, 0.15) is 43.1 Å². The van der Waals surface area contributed by atoms with Crippen molar-refractivity contribution in [1.29, 1.82) is 0 Å². The Morgan fingerprint density at radius 3 is 2.70 bits per heavy atom. The van der Waals surface area contributed by atoms with Gasteiger partial charge in [-0.25, -0.2) is 9.78 Å². The van der Waals surface area contributed by atoms with E-state index in [0.717, 1.165) is 11.3 Å². The molecule has 0 fully saturated rings. The predicted molar refractivity (Wildman–Crippen MR) is 141 cm³/mol. The summed E-state index contributed by atoms with van der Waals surface area (Å²) in [5.41, 5.74) is 1.23. The fraction of sp³-hybridized carbons (Fsp3) is 0.143. The van der Waals surface area contributed by atoms with Crippen molar-refractivity contribution < 1.29 is 23.5 Å². The molecule has 4 aromatic rings. The number of thiazole rings is 1. The molecule has 1 aliphatic heterocycles. The molecule has 186 valence electrons. The first kappa shape index (κ1) is 24.2. The molecule has 3 heterocycles. The number of amides is 1. The maximum absolute atomic E-state index is 13.8. The third-order valence-electron chi connectivity index (χ3n) is 5.83. The quantitative estimate of drug-likeness (QED) is 0.235. The number of aromatic nitrogens is 1. The van der Waals surface area contributed by atoms with Gasteiger partial charge in [-0.3, -0.25) is 14.5 Å². The second kappa shape index (κ2) is 9.87. The van der Waals surface area contributed by atoms with E-state index in [2.05, 4.69) is 18.1 Å². The number of ether oxygens (including phenoxy) is 2. The Morgan fingerprint density at radius 2 is 1.92 bits per heavy atom. The third-order valence-corrected chi connectivity index (χ3v) is 6.97. The third kappa shape index (κ3) is 4.23. The number of nitrogens with zero attached hydrogens (tertiary/aromatic N) is 2. The predicted octanol–water partition coefficient (Wildman–Crippen LogP) is 5.22. The largest absolute Gasteiger partial charge is 0.490 e. The number of para-hydroxylation sites is 1. The normalized spacial score (nSPS) is 14.5. The van der Waals surface area contributed by atoms with Gasteiger partial charge in [0.15, 0.2) is 10.6 Å². The van der Waals surface area contributed by atoms with E-state index in [4.69, 9.17) is 13.9 Å². The van der Waals surface area contributed by atoms with Crippen molar-refractivity contribution in [3.63, 3.8) is 0 Å². The first-order valence-electron chi connectivity index (χ1n) is 11.4. The van der Waals surface area contributed by atoms with E-state index in [1.165, 1.54) is 11.0 Å². The van der Waals surface area contributed by atoms with Gasteiger partial charge in [-0.1, -0.05) is 60.9 Å². The first-order chi connectivity index (χ1) is 17.9. The number of carbonyl (C=O) groups excluding carboxylic acids is 2. The van der Waals surface area contributed by atoms with Gasteiger partial charge >= 0.3 is 5.97 Å². The number of carbonyl (C=O) groups is 2. The Kier molecular flexibility index (Phi) is 6.45. The summed E-state index contributed by atoms with van der Waals surface area (Å²) in [6.45, 7) is 9.22. The van der Waals surface area contributed by atoms with E-state index in [1.54, 1.807) is 61.5 Å². The molecule has 1 aliphatic rings. The van der Waals surface area contributed by atoms with Crippen LogP contribution >= 0.6 is 11.3 Å². The Hall–Kier alpha value is -4.50.